The maximum Gasteiger partial charge on any atom is 0.339 e. The molecule has 1 heterocycles. The summed E-state index contributed by atoms with van der Waals surface area (Å²) in [6.45, 7) is 0. The first-order chi connectivity index (χ1) is 8.59. The third kappa shape index (κ3) is 1.36. The molecule has 4 nitrogen and oxygen atoms in total. The number of nitrogen functional groups attached to an aromatic ring is 1. The van der Waals surface area contributed by atoms with Crippen LogP contribution >= 0.6 is 11.6 Å². The van der Waals surface area contributed by atoms with Crippen LogP contribution in [-0.4, -0.2) is 11.1 Å². The van der Waals surface area contributed by atoms with Crippen molar-refractivity contribution in [3.05, 3.63) is 40.9 Å². The largest absolute Gasteiger partial charge is 0.478 e. The lowest BCUT2D eigenvalue weighted by Crippen LogP contribution is -1.99. The van der Waals surface area contributed by atoms with Crippen LogP contribution in [0.2, 0.25) is 5.02 Å². The number of carboxylic acids is 1. The number of hydrogen-bond donors (Lipinski definition) is 2. The molecular formula is C13H8ClNO3. The molecule has 2 aromatic carbocycles. The van der Waals surface area contributed by atoms with Gasteiger partial charge in [0.2, 0.25) is 0 Å². The second kappa shape index (κ2) is 3.65. The third-order valence-electron chi connectivity index (χ3n) is 2.87. The van der Waals surface area contributed by atoms with Gasteiger partial charge in [-0.3, -0.25) is 0 Å². The normalized spacial score (nSPS) is 11.2. The zero-order chi connectivity index (χ0) is 12.9. The van der Waals surface area contributed by atoms with Crippen molar-refractivity contribution in [3.8, 4) is 0 Å². The highest BCUT2D eigenvalue weighted by atomic mass is 35.5. The Morgan fingerprint density at radius 2 is 2.06 bits per heavy atom. The van der Waals surface area contributed by atoms with Gasteiger partial charge in [-0.2, -0.15) is 0 Å². The van der Waals surface area contributed by atoms with Crippen LogP contribution in [0, 0.1) is 0 Å². The van der Waals surface area contributed by atoms with Gasteiger partial charge < -0.3 is 15.3 Å². The number of aromatic carboxylic acids is 1. The number of hydrogen-bond acceptors (Lipinski definition) is 3. The van der Waals surface area contributed by atoms with E-state index in [0.29, 0.717) is 16.7 Å². The fourth-order valence-corrected chi connectivity index (χ4v) is 2.25. The molecule has 0 fully saturated rings. The summed E-state index contributed by atoms with van der Waals surface area (Å²) in [7, 11) is 0. The summed E-state index contributed by atoms with van der Waals surface area (Å²) in [6, 6.07) is 8.53. The highest BCUT2D eigenvalue weighted by Crippen LogP contribution is 2.38. The summed E-state index contributed by atoms with van der Waals surface area (Å²) in [5.41, 5.74) is 7.10. The number of nitrogens with two attached hydrogens (primary N) is 1. The van der Waals surface area contributed by atoms with Gasteiger partial charge >= 0.3 is 5.97 Å². The SMILES string of the molecule is Nc1c(Cl)cc(C(=O)O)c2oc3ccccc3c12. The monoisotopic (exact) mass is 261 g/mol. The Morgan fingerprint density at radius 3 is 2.78 bits per heavy atom. The molecule has 90 valence electrons. The van der Waals surface area contributed by atoms with Gasteiger partial charge in [0.15, 0.2) is 5.58 Å². The summed E-state index contributed by atoms with van der Waals surface area (Å²) in [4.78, 5) is 11.2. The molecule has 1 aromatic heterocycles. The van der Waals surface area contributed by atoms with Crippen LogP contribution in [0.4, 0.5) is 5.69 Å². The maximum absolute atomic E-state index is 11.2. The van der Waals surface area contributed by atoms with Gasteiger partial charge in [0.25, 0.3) is 0 Å². The van der Waals surface area contributed by atoms with Crippen molar-refractivity contribution in [3.63, 3.8) is 0 Å². The number of anilines is 1. The van der Waals surface area contributed by atoms with Gasteiger partial charge in [-0.1, -0.05) is 29.8 Å². The first-order valence-electron chi connectivity index (χ1n) is 5.22. The zero-order valence-corrected chi connectivity index (χ0v) is 9.86. The number of para-hydroxylation sites is 1. The Bertz CT molecular complexity index is 792. The van der Waals surface area contributed by atoms with Crippen LogP contribution in [0.3, 0.4) is 0 Å². The first-order valence-corrected chi connectivity index (χ1v) is 5.60. The van der Waals surface area contributed by atoms with Crippen molar-refractivity contribution < 1.29 is 14.3 Å². The van der Waals surface area contributed by atoms with Crippen LogP contribution in [0.15, 0.2) is 34.7 Å². The lowest BCUT2D eigenvalue weighted by molar-refractivity contribution is 0.0698. The smallest absolute Gasteiger partial charge is 0.339 e. The Balaban J connectivity index is 2.61. The van der Waals surface area contributed by atoms with Gasteiger partial charge in [-0.25, -0.2) is 4.79 Å². The second-order valence-corrected chi connectivity index (χ2v) is 4.33. The van der Waals surface area contributed by atoms with Crippen LogP contribution in [-0.2, 0) is 0 Å². The molecule has 5 heteroatoms. The van der Waals surface area contributed by atoms with Gasteiger partial charge in [0.1, 0.15) is 11.1 Å². The minimum Gasteiger partial charge on any atom is -0.478 e. The summed E-state index contributed by atoms with van der Waals surface area (Å²) in [6.07, 6.45) is 0. The number of furan rings is 1. The lowest BCUT2D eigenvalue weighted by atomic mass is 10.1. The van der Waals surface area contributed by atoms with Crippen LogP contribution in [0.25, 0.3) is 21.9 Å². The van der Waals surface area contributed by atoms with E-state index < -0.39 is 5.97 Å². The van der Waals surface area contributed by atoms with Crippen molar-refractivity contribution in [2.75, 3.05) is 5.73 Å². The molecule has 18 heavy (non-hydrogen) atoms. The third-order valence-corrected chi connectivity index (χ3v) is 3.18. The summed E-state index contributed by atoms with van der Waals surface area (Å²) in [5.74, 6) is -1.10. The van der Waals surface area contributed by atoms with Crippen LogP contribution in [0.1, 0.15) is 10.4 Å². The lowest BCUT2D eigenvalue weighted by Gasteiger charge is -2.02. The number of carbonyl (C=O) groups is 1. The summed E-state index contributed by atoms with van der Waals surface area (Å²) < 4.78 is 5.56. The van der Waals surface area contributed by atoms with Crippen molar-refractivity contribution >= 4 is 45.2 Å². The molecule has 0 amide bonds. The number of rotatable bonds is 1. The minimum absolute atomic E-state index is 0.0143. The van der Waals surface area contributed by atoms with E-state index in [1.54, 1.807) is 6.07 Å². The molecular weight excluding hydrogens is 254 g/mol. The van der Waals surface area contributed by atoms with Crippen molar-refractivity contribution in [2.24, 2.45) is 0 Å². The van der Waals surface area contributed by atoms with E-state index in [1.165, 1.54) is 6.07 Å². The van der Waals surface area contributed by atoms with Gasteiger partial charge in [-0.15, -0.1) is 0 Å². The Morgan fingerprint density at radius 1 is 1.33 bits per heavy atom. The van der Waals surface area contributed by atoms with E-state index in [9.17, 15) is 4.79 Å². The zero-order valence-electron chi connectivity index (χ0n) is 9.11. The molecule has 0 saturated heterocycles. The minimum atomic E-state index is -1.10. The van der Waals surface area contributed by atoms with Crippen molar-refractivity contribution in [1.29, 1.82) is 0 Å². The van der Waals surface area contributed by atoms with E-state index >= 15 is 0 Å². The summed E-state index contributed by atoms with van der Waals surface area (Å²) >= 11 is 5.96. The fraction of sp³-hybridized carbons (Fsp3) is 0. The molecule has 0 aliphatic heterocycles. The quantitative estimate of drug-likeness (QED) is 0.657. The topological polar surface area (TPSA) is 76.5 Å². The van der Waals surface area contributed by atoms with Gasteiger partial charge in [0, 0.05) is 5.39 Å². The molecule has 0 spiro atoms. The predicted octanol–water partition coefficient (Wildman–Crippen LogP) is 3.52. The van der Waals surface area contributed by atoms with Crippen molar-refractivity contribution in [2.45, 2.75) is 0 Å². The van der Waals surface area contributed by atoms with Gasteiger partial charge in [-0.05, 0) is 12.1 Å². The first kappa shape index (κ1) is 10.9. The average molecular weight is 262 g/mol. The molecule has 3 rings (SSSR count). The highest BCUT2D eigenvalue weighted by Gasteiger charge is 2.19. The number of benzene rings is 2. The fourth-order valence-electron chi connectivity index (χ4n) is 2.05. The second-order valence-electron chi connectivity index (χ2n) is 3.93. The molecule has 0 atom stereocenters. The molecule has 0 unspecified atom stereocenters. The van der Waals surface area contributed by atoms with E-state index in [4.69, 9.17) is 26.9 Å². The Kier molecular flexibility index (Phi) is 2.21. The number of carboxylic acid groups (broad SMARTS) is 1. The molecule has 0 bridgehead atoms. The molecule has 0 aliphatic carbocycles. The molecule has 0 radical (unpaired) electrons. The molecule has 0 saturated carbocycles. The number of halogens is 1. The van der Waals surface area contributed by atoms with E-state index in [0.717, 1.165) is 5.39 Å². The predicted molar refractivity (Wildman–Crippen MR) is 70.1 cm³/mol. The average Bonchev–Trinajstić information content (AvgIpc) is 2.72. The molecule has 3 N–H and O–H groups in total. The highest BCUT2D eigenvalue weighted by molar-refractivity contribution is 6.36. The Hall–Kier alpha value is -2.20. The summed E-state index contributed by atoms with van der Waals surface area (Å²) in [5, 5.41) is 10.7. The van der Waals surface area contributed by atoms with E-state index in [-0.39, 0.29) is 16.2 Å². The van der Waals surface area contributed by atoms with E-state index in [1.807, 2.05) is 18.2 Å². The van der Waals surface area contributed by atoms with Crippen LogP contribution < -0.4 is 5.73 Å². The van der Waals surface area contributed by atoms with Crippen LogP contribution in [0.5, 0.6) is 0 Å². The standard InChI is InChI=1S/C13H8ClNO3/c14-8-5-7(13(16)17)12-10(11(8)15)6-3-1-2-4-9(6)18-12/h1-5H,15H2,(H,16,17). The maximum atomic E-state index is 11.2. The molecule has 0 aliphatic rings. The van der Waals surface area contributed by atoms with Crippen molar-refractivity contribution in [1.82, 2.24) is 0 Å². The van der Waals surface area contributed by atoms with Gasteiger partial charge in [0.05, 0.1) is 16.1 Å². The number of fused-ring (bicyclic) bond motifs is 3. The Labute approximate surface area is 107 Å². The van der Waals surface area contributed by atoms with E-state index in [2.05, 4.69) is 0 Å². The molecule has 3 aromatic rings.